The lowest BCUT2D eigenvalue weighted by molar-refractivity contribution is -0.145. The van der Waals surface area contributed by atoms with Gasteiger partial charge in [0.2, 0.25) is 0 Å². The highest BCUT2D eigenvalue weighted by molar-refractivity contribution is 5.75. The number of carbonyl (C=O) groups is 1. The summed E-state index contributed by atoms with van der Waals surface area (Å²) < 4.78 is 5.36. The Labute approximate surface area is 111 Å². The maximum Gasteiger partial charge on any atom is 0.335 e. The molecular weight excluding hydrogens is 246 g/mol. The molecule has 0 fully saturated rings. The number of fused-ring (bicyclic) bond motifs is 1. The minimum atomic E-state index is -0.344. The van der Waals surface area contributed by atoms with Gasteiger partial charge in [-0.15, -0.1) is 5.10 Å². The fourth-order valence-corrected chi connectivity index (χ4v) is 1.59. The fraction of sp³-hybridized carbons (Fsp3) is 0.462. The van der Waals surface area contributed by atoms with E-state index in [2.05, 4.69) is 10.3 Å². The Morgan fingerprint density at radius 3 is 2.95 bits per heavy atom. The quantitative estimate of drug-likeness (QED) is 0.585. The smallest absolute Gasteiger partial charge is 0.335 e. The van der Waals surface area contributed by atoms with Gasteiger partial charge in [0.1, 0.15) is 11.0 Å². The highest BCUT2D eigenvalue weighted by Crippen LogP contribution is 2.08. The van der Waals surface area contributed by atoms with E-state index in [1.165, 1.54) is 0 Å². The first-order valence-electron chi connectivity index (χ1n) is 6.30. The van der Waals surface area contributed by atoms with Crippen molar-refractivity contribution < 1.29 is 14.4 Å². The fourth-order valence-electron chi connectivity index (χ4n) is 1.59. The molecule has 19 heavy (non-hydrogen) atoms. The molecule has 6 nitrogen and oxygen atoms in total. The number of carbonyl (C=O) groups excluding carboxylic acids is 1. The molecule has 0 saturated carbocycles. The lowest BCUT2D eigenvalue weighted by Gasteiger charge is -2.06. The summed E-state index contributed by atoms with van der Waals surface area (Å²) in [6.45, 7) is 4.46. The Hall–Kier alpha value is -1.95. The zero-order valence-electron chi connectivity index (χ0n) is 11.1. The molecule has 0 bridgehead atoms. The molecule has 0 saturated heterocycles. The lowest BCUT2D eigenvalue weighted by atomic mass is 10.3. The molecule has 1 aromatic heterocycles. The Kier molecular flexibility index (Phi) is 4.46. The third kappa shape index (κ3) is 3.75. The second-order valence-corrected chi connectivity index (χ2v) is 4.44. The van der Waals surface area contributed by atoms with Crippen molar-refractivity contribution >= 4 is 17.0 Å². The maximum atomic E-state index is 11.6. The Balaban J connectivity index is 1.85. The standard InChI is InChI=1S/C13H17N3O3/c1-10(2)18-9-5-8-13(17)19-16-12-7-4-3-6-11(12)14-15-16/h3-4,6-7,10H,5,8-9H2,1-2H3. The van der Waals surface area contributed by atoms with Crippen LogP contribution in [0.1, 0.15) is 26.7 Å². The van der Waals surface area contributed by atoms with Crippen LogP contribution in [0, 0.1) is 0 Å². The molecule has 0 atom stereocenters. The van der Waals surface area contributed by atoms with E-state index in [0.717, 1.165) is 4.85 Å². The van der Waals surface area contributed by atoms with Gasteiger partial charge in [-0.2, -0.15) is 0 Å². The van der Waals surface area contributed by atoms with Crippen LogP contribution in [0.15, 0.2) is 24.3 Å². The molecule has 0 unspecified atom stereocenters. The summed E-state index contributed by atoms with van der Waals surface area (Å²) in [5, 5.41) is 7.69. The molecule has 0 aliphatic heterocycles. The number of ether oxygens (including phenoxy) is 1. The van der Waals surface area contributed by atoms with Crippen molar-refractivity contribution in [2.45, 2.75) is 32.8 Å². The van der Waals surface area contributed by atoms with Gasteiger partial charge in [-0.25, -0.2) is 4.79 Å². The lowest BCUT2D eigenvalue weighted by Crippen LogP contribution is -2.21. The van der Waals surface area contributed by atoms with Crippen molar-refractivity contribution in [3.8, 4) is 0 Å². The molecule has 2 rings (SSSR count). The van der Waals surface area contributed by atoms with Crippen LogP contribution < -0.4 is 4.84 Å². The third-order valence-corrected chi connectivity index (χ3v) is 2.49. The van der Waals surface area contributed by atoms with E-state index in [-0.39, 0.29) is 12.1 Å². The van der Waals surface area contributed by atoms with Gasteiger partial charge in [0.15, 0.2) is 0 Å². The van der Waals surface area contributed by atoms with Crippen LogP contribution in [0.3, 0.4) is 0 Å². The zero-order chi connectivity index (χ0) is 13.7. The minimum Gasteiger partial charge on any atom is -0.379 e. The van der Waals surface area contributed by atoms with Crippen LogP contribution >= 0.6 is 0 Å². The number of hydrogen-bond acceptors (Lipinski definition) is 5. The highest BCUT2D eigenvalue weighted by atomic mass is 16.7. The van der Waals surface area contributed by atoms with Gasteiger partial charge < -0.3 is 9.57 Å². The summed E-state index contributed by atoms with van der Waals surface area (Å²) in [6, 6.07) is 7.30. The monoisotopic (exact) mass is 263 g/mol. The second kappa shape index (κ2) is 6.29. The number of hydrogen-bond donors (Lipinski definition) is 0. The summed E-state index contributed by atoms with van der Waals surface area (Å²) >= 11 is 0. The summed E-state index contributed by atoms with van der Waals surface area (Å²) in [4.78, 5) is 17.9. The maximum absolute atomic E-state index is 11.6. The van der Waals surface area contributed by atoms with Crippen LogP contribution in [-0.4, -0.2) is 33.8 Å². The van der Waals surface area contributed by atoms with Crippen molar-refractivity contribution in [2.75, 3.05) is 6.61 Å². The Morgan fingerprint density at radius 2 is 2.16 bits per heavy atom. The van der Waals surface area contributed by atoms with Crippen molar-refractivity contribution in [1.29, 1.82) is 0 Å². The number of aromatic nitrogens is 3. The highest BCUT2D eigenvalue weighted by Gasteiger charge is 2.09. The van der Waals surface area contributed by atoms with E-state index in [9.17, 15) is 4.79 Å². The van der Waals surface area contributed by atoms with Crippen LogP contribution in [0.4, 0.5) is 0 Å². The summed E-state index contributed by atoms with van der Waals surface area (Å²) in [5.74, 6) is -0.344. The number of rotatable bonds is 6. The van der Waals surface area contributed by atoms with E-state index in [4.69, 9.17) is 9.57 Å². The normalized spacial score (nSPS) is 11.1. The van der Waals surface area contributed by atoms with Gasteiger partial charge in [0, 0.05) is 6.61 Å². The van der Waals surface area contributed by atoms with Crippen molar-refractivity contribution in [3.05, 3.63) is 24.3 Å². The molecule has 102 valence electrons. The molecule has 0 aliphatic carbocycles. The molecular formula is C13H17N3O3. The van der Waals surface area contributed by atoms with E-state index < -0.39 is 0 Å². The largest absolute Gasteiger partial charge is 0.379 e. The number of para-hydroxylation sites is 1. The van der Waals surface area contributed by atoms with Gasteiger partial charge in [-0.05, 0) is 37.6 Å². The summed E-state index contributed by atoms with van der Waals surface area (Å²) in [7, 11) is 0. The first-order valence-corrected chi connectivity index (χ1v) is 6.30. The first-order chi connectivity index (χ1) is 9.16. The summed E-state index contributed by atoms with van der Waals surface area (Å²) in [6.07, 6.45) is 1.10. The van der Waals surface area contributed by atoms with Crippen LogP contribution in [0.25, 0.3) is 11.0 Å². The van der Waals surface area contributed by atoms with Crippen LogP contribution in [-0.2, 0) is 9.53 Å². The number of benzene rings is 1. The summed E-state index contributed by atoms with van der Waals surface area (Å²) in [5.41, 5.74) is 1.37. The van der Waals surface area contributed by atoms with Gasteiger partial charge >= 0.3 is 5.97 Å². The van der Waals surface area contributed by atoms with Gasteiger partial charge in [-0.1, -0.05) is 17.0 Å². The van der Waals surface area contributed by atoms with Gasteiger partial charge in [0.25, 0.3) is 0 Å². The molecule has 2 aromatic rings. The Bertz CT molecular complexity index is 551. The SMILES string of the molecule is CC(C)OCCCC(=O)On1nnc2ccccc21. The molecule has 0 spiro atoms. The van der Waals surface area contributed by atoms with Crippen molar-refractivity contribution in [3.63, 3.8) is 0 Å². The second-order valence-electron chi connectivity index (χ2n) is 4.44. The van der Waals surface area contributed by atoms with E-state index in [1.54, 1.807) is 6.07 Å². The Morgan fingerprint density at radius 1 is 1.37 bits per heavy atom. The molecule has 1 aromatic carbocycles. The third-order valence-electron chi connectivity index (χ3n) is 2.49. The molecule has 6 heteroatoms. The van der Waals surface area contributed by atoms with Gasteiger partial charge in [0.05, 0.1) is 12.5 Å². The van der Waals surface area contributed by atoms with Crippen LogP contribution in [0.5, 0.6) is 0 Å². The predicted octanol–water partition coefficient (Wildman–Crippen LogP) is 1.59. The molecule has 0 N–H and O–H groups in total. The average molecular weight is 263 g/mol. The number of nitrogens with zero attached hydrogens (tertiary/aromatic N) is 3. The topological polar surface area (TPSA) is 66.2 Å². The molecule has 0 amide bonds. The van der Waals surface area contributed by atoms with Crippen molar-refractivity contribution in [1.82, 2.24) is 15.2 Å². The van der Waals surface area contributed by atoms with E-state index >= 15 is 0 Å². The molecule has 0 radical (unpaired) electrons. The average Bonchev–Trinajstić information content (AvgIpc) is 2.78. The van der Waals surface area contributed by atoms with E-state index in [1.807, 2.05) is 32.0 Å². The van der Waals surface area contributed by atoms with Crippen molar-refractivity contribution in [2.24, 2.45) is 0 Å². The minimum absolute atomic E-state index is 0.176. The first kappa shape index (κ1) is 13.5. The van der Waals surface area contributed by atoms with Crippen LogP contribution in [0.2, 0.25) is 0 Å². The zero-order valence-corrected chi connectivity index (χ0v) is 11.1. The van der Waals surface area contributed by atoms with E-state index in [0.29, 0.717) is 30.5 Å². The van der Waals surface area contributed by atoms with Gasteiger partial charge in [-0.3, -0.25) is 0 Å². The predicted molar refractivity (Wildman–Crippen MR) is 69.4 cm³/mol. The molecule has 0 aliphatic rings. The molecule has 1 heterocycles.